The van der Waals surface area contributed by atoms with Gasteiger partial charge in [-0.05, 0) is 72.0 Å². The second kappa shape index (κ2) is 7.73. The Hall–Kier alpha value is -2.22. The highest BCUT2D eigenvalue weighted by atomic mass is 32.2. The van der Waals surface area contributed by atoms with Gasteiger partial charge in [0.2, 0.25) is 10.9 Å². The van der Waals surface area contributed by atoms with Crippen LogP contribution in [-0.2, 0) is 47.8 Å². The van der Waals surface area contributed by atoms with Gasteiger partial charge in [0.15, 0.2) is 5.69 Å². The maximum atomic E-state index is 12.9. The van der Waals surface area contributed by atoms with E-state index in [1.165, 1.54) is 40.7 Å². The number of amides is 2. The lowest BCUT2D eigenvalue weighted by Crippen LogP contribution is -2.50. The minimum absolute atomic E-state index is 0.215. The summed E-state index contributed by atoms with van der Waals surface area (Å²) in [6, 6.07) is 10.6. The average Bonchev–Trinajstić information content (AvgIpc) is 3.48. The summed E-state index contributed by atoms with van der Waals surface area (Å²) in [5.41, 5.74) is 7.82. The third-order valence-corrected chi connectivity index (χ3v) is 8.30. The van der Waals surface area contributed by atoms with Gasteiger partial charge in [-0.15, -0.1) is 0 Å². The van der Waals surface area contributed by atoms with Crippen LogP contribution in [0.4, 0.5) is 10.5 Å². The van der Waals surface area contributed by atoms with E-state index in [1.807, 2.05) is 0 Å². The second-order valence-electron chi connectivity index (χ2n) is 8.93. The number of fused-ring (bicyclic) bond motifs is 2. The molecule has 0 aromatic heterocycles. The van der Waals surface area contributed by atoms with Crippen LogP contribution < -0.4 is 0 Å². The van der Waals surface area contributed by atoms with E-state index in [1.54, 1.807) is 11.8 Å². The molecule has 1 atom stereocenters. The lowest BCUT2D eigenvalue weighted by Gasteiger charge is -2.38. The highest BCUT2D eigenvalue weighted by Crippen LogP contribution is 2.41. The molecule has 6 rings (SSSR count). The van der Waals surface area contributed by atoms with Crippen molar-refractivity contribution in [2.75, 3.05) is 20.2 Å². The fraction of sp³-hybridized carbons (Fsp3) is 0.458. The largest absolute Gasteiger partial charge is 0.576 e. The summed E-state index contributed by atoms with van der Waals surface area (Å²) in [4.78, 5) is 16.3. The Morgan fingerprint density at radius 1 is 1.06 bits per heavy atom. The average molecular weight is 436 g/mol. The Morgan fingerprint density at radius 3 is 2.39 bits per heavy atom. The minimum atomic E-state index is -0.767. The summed E-state index contributed by atoms with van der Waals surface area (Å²) in [7, 11) is 1.01. The number of aryl methyl sites for hydroxylation is 2. The van der Waals surface area contributed by atoms with Crippen LogP contribution in [0.25, 0.3) is 0 Å². The third-order valence-electron chi connectivity index (χ3n) is 6.96. The maximum Gasteiger partial charge on any atom is 0.576 e. The third kappa shape index (κ3) is 3.39. The molecule has 2 heterocycles. The van der Waals surface area contributed by atoms with Gasteiger partial charge in [-0.25, -0.2) is 0 Å². The molecule has 0 saturated carbocycles. The van der Waals surface area contributed by atoms with Crippen LogP contribution in [-0.4, -0.2) is 41.9 Å². The van der Waals surface area contributed by atoms with Crippen molar-refractivity contribution in [3.8, 4) is 0 Å². The van der Waals surface area contributed by atoms with E-state index < -0.39 is 10.9 Å². The smallest absolute Gasteiger partial charge is 0.379 e. The number of hydrogen-bond donors (Lipinski definition) is 0. The summed E-state index contributed by atoms with van der Waals surface area (Å²) >= 11 is 0. The van der Waals surface area contributed by atoms with Crippen molar-refractivity contribution in [3.63, 3.8) is 0 Å². The Labute approximate surface area is 185 Å². The van der Waals surface area contributed by atoms with Gasteiger partial charge in [-0.3, -0.25) is 4.90 Å². The van der Waals surface area contributed by atoms with Crippen molar-refractivity contribution in [1.29, 1.82) is 0 Å². The molecule has 0 bridgehead atoms. The summed E-state index contributed by atoms with van der Waals surface area (Å²) < 4.78 is 16.2. The van der Waals surface area contributed by atoms with E-state index in [2.05, 4.69) is 39.6 Å². The Kier molecular flexibility index (Phi) is 4.85. The number of rotatable bonds is 5. The Bertz CT molecular complexity index is 1100. The van der Waals surface area contributed by atoms with Crippen molar-refractivity contribution in [2.24, 2.45) is 8.88 Å². The van der Waals surface area contributed by atoms with Gasteiger partial charge >= 0.3 is 6.03 Å². The number of hydrogen-bond acceptors (Lipinski definition) is 4. The summed E-state index contributed by atoms with van der Waals surface area (Å²) in [5.74, 6) is 0. The first-order valence-electron chi connectivity index (χ1n) is 11.2. The molecule has 2 aromatic carbocycles. The van der Waals surface area contributed by atoms with Crippen LogP contribution in [0.2, 0.25) is 0 Å². The second-order valence-corrected chi connectivity index (χ2v) is 10.3. The van der Waals surface area contributed by atoms with Crippen molar-refractivity contribution in [1.82, 2.24) is 4.90 Å². The molecule has 0 radical (unpaired) electrons. The number of benzene rings is 2. The van der Waals surface area contributed by atoms with Crippen molar-refractivity contribution in [2.45, 2.75) is 56.1 Å². The maximum absolute atomic E-state index is 12.9. The van der Waals surface area contributed by atoms with Gasteiger partial charge in [0, 0.05) is 42.4 Å². The molecule has 7 heteroatoms. The van der Waals surface area contributed by atoms with Crippen LogP contribution >= 0.6 is 0 Å². The summed E-state index contributed by atoms with van der Waals surface area (Å²) in [6.45, 7) is 2.90. The molecule has 2 aliphatic carbocycles. The fourth-order valence-electron chi connectivity index (χ4n) is 5.30. The molecule has 4 aliphatic rings. The summed E-state index contributed by atoms with van der Waals surface area (Å²) in [6.07, 6.45) is 7.02. The van der Waals surface area contributed by atoms with Gasteiger partial charge in [0.25, 0.3) is 0 Å². The minimum Gasteiger partial charge on any atom is -0.379 e. The molecule has 31 heavy (non-hydrogen) atoms. The van der Waals surface area contributed by atoms with E-state index in [0.717, 1.165) is 55.9 Å². The molecule has 2 aromatic rings. The first kappa shape index (κ1) is 19.5. The van der Waals surface area contributed by atoms with Gasteiger partial charge < -0.3 is 4.74 Å². The van der Waals surface area contributed by atoms with E-state index in [4.69, 9.17) is 9.26 Å². The SMILES string of the molecule is COC1CN(Cc2ccc(S3=NC(=O)[N+](c4c5c(cc6c4CCC6)CCC5)=N3)cc2)C1. The Balaban J connectivity index is 1.27. The number of carbonyl (C=O) groups excluding carboxylic acids is 1. The topological polar surface area (TPSA) is 57.3 Å². The van der Waals surface area contributed by atoms with Crippen LogP contribution in [0, 0.1) is 0 Å². The molecular formula is C24H27N4O2S+. The molecule has 2 aliphatic heterocycles. The van der Waals surface area contributed by atoms with Gasteiger partial charge in [0.1, 0.15) is 0 Å². The molecule has 0 spiro atoms. The zero-order valence-corrected chi connectivity index (χ0v) is 18.7. The molecule has 2 amide bonds. The number of urea groups is 1. The molecular weight excluding hydrogens is 408 g/mol. The highest BCUT2D eigenvalue weighted by molar-refractivity contribution is 7.86. The van der Waals surface area contributed by atoms with Gasteiger partial charge in [0.05, 0.1) is 15.4 Å². The lowest BCUT2D eigenvalue weighted by atomic mass is 9.98. The number of nitrogens with zero attached hydrogens (tertiary/aromatic N) is 4. The standard InChI is InChI=1S/C24H27N4O2S/c1-30-19-14-27(15-19)13-16-8-10-20(11-9-16)31-25-24(29)28(26-31)23-21-6-2-4-17(21)12-18-5-3-7-22(18)23/h8-12,19H,2-7,13-15H2,1H3/q+1. The molecule has 0 N–H and O–H groups in total. The van der Waals surface area contributed by atoms with Gasteiger partial charge in [-0.2, -0.15) is 4.79 Å². The first-order chi connectivity index (χ1) is 15.2. The predicted octanol–water partition coefficient (Wildman–Crippen LogP) is 4.50. The van der Waals surface area contributed by atoms with E-state index in [9.17, 15) is 4.79 Å². The quantitative estimate of drug-likeness (QED) is 0.650. The zero-order chi connectivity index (χ0) is 20.9. The monoisotopic (exact) mass is 435 g/mol. The molecule has 6 nitrogen and oxygen atoms in total. The molecule has 160 valence electrons. The zero-order valence-electron chi connectivity index (χ0n) is 17.8. The number of carbonyl (C=O) groups is 1. The lowest BCUT2D eigenvalue weighted by molar-refractivity contribution is -0.395. The normalized spacial score (nSPS) is 22.8. The van der Waals surface area contributed by atoms with Crippen LogP contribution in [0.15, 0.2) is 44.1 Å². The predicted molar refractivity (Wildman–Crippen MR) is 119 cm³/mol. The molecule has 1 fully saturated rings. The first-order valence-corrected chi connectivity index (χ1v) is 12.4. The number of methoxy groups -OCH3 is 1. The van der Waals surface area contributed by atoms with E-state index >= 15 is 0 Å². The van der Waals surface area contributed by atoms with E-state index in [-0.39, 0.29) is 6.03 Å². The van der Waals surface area contributed by atoms with Crippen LogP contribution in [0.1, 0.15) is 40.7 Å². The number of likely N-dealkylation sites (tertiary alicyclic amines) is 1. The van der Waals surface area contributed by atoms with Crippen molar-refractivity contribution >= 4 is 22.6 Å². The van der Waals surface area contributed by atoms with Crippen LogP contribution in [0.3, 0.4) is 0 Å². The Morgan fingerprint density at radius 2 is 1.74 bits per heavy atom. The molecule has 1 unspecified atom stereocenters. The highest BCUT2D eigenvalue weighted by Gasteiger charge is 2.38. The van der Waals surface area contributed by atoms with Crippen molar-refractivity contribution in [3.05, 3.63) is 58.1 Å². The van der Waals surface area contributed by atoms with Crippen molar-refractivity contribution < 1.29 is 14.2 Å². The molecule has 1 saturated heterocycles. The van der Waals surface area contributed by atoms with Crippen LogP contribution in [0.5, 0.6) is 0 Å². The van der Waals surface area contributed by atoms with E-state index in [0.29, 0.717) is 6.10 Å². The summed E-state index contributed by atoms with van der Waals surface area (Å²) in [5, 5.41) is 0. The number of ether oxygens (including phenoxy) is 1. The fourth-order valence-corrected chi connectivity index (χ4v) is 6.44. The van der Waals surface area contributed by atoms with Gasteiger partial charge in [-0.1, -0.05) is 18.2 Å².